The second-order valence-corrected chi connectivity index (χ2v) is 5.32. The molecule has 0 aliphatic heterocycles. The number of benzene rings is 1. The highest BCUT2D eigenvalue weighted by molar-refractivity contribution is 9.10. The minimum absolute atomic E-state index is 0.0502. The van der Waals surface area contributed by atoms with Gasteiger partial charge in [0, 0.05) is 23.5 Å². The van der Waals surface area contributed by atoms with E-state index in [0.29, 0.717) is 6.54 Å². The summed E-state index contributed by atoms with van der Waals surface area (Å²) in [6.45, 7) is 0.823. The van der Waals surface area contributed by atoms with E-state index in [9.17, 15) is 4.79 Å². The van der Waals surface area contributed by atoms with Gasteiger partial charge in [0.05, 0.1) is 0 Å². The van der Waals surface area contributed by atoms with Gasteiger partial charge in [0.25, 0.3) is 0 Å². The zero-order chi connectivity index (χ0) is 12.3. The first-order valence-electron chi connectivity index (χ1n) is 5.69. The summed E-state index contributed by atoms with van der Waals surface area (Å²) in [6, 6.07) is 8.22. The van der Waals surface area contributed by atoms with Crippen molar-refractivity contribution in [1.29, 1.82) is 0 Å². The van der Waals surface area contributed by atoms with Crippen LogP contribution in [0, 0.1) is 0 Å². The van der Waals surface area contributed by atoms with Gasteiger partial charge in [-0.3, -0.25) is 4.79 Å². The van der Waals surface area contributed by atoms with Crippen LogP contribution in [0.5, 0.6) is 0 Å². The number of ether oxygens (including phenoxy) is 1. The summed E-state index contributed by atoms with van der Waals surface area (Å²) in [6.07, 6.45) is 2.26. The topological polar surface area (TPSA) is 38.3 Å². The summed E-state index contributed by atoms with van der Waals surface area (Å²) >= 11 is 3.57. The smallest absolute Gasteiger partial charge is 0.246 e. The van der Waals surface area contributed by atoms with Crippen LogP contribution in [0.3, 0.4) is 0 Å². The largest absolute Gasteiger partial charge is 0.375 e. The quantitative estimate of drug-likeness (QED) is 0.905. The number of hydrogen-bond donors (Lipinski definition) is 1. The van der Waals surface area contributed by atoms with Gasteiger partial charge in [-0.25, -0.2) is 0 Å². The maximum absolute atomic E-state index is 11.4. The second kappa shape index (κ2) is 5.19. The molecule has 0 atom stereocenters. The van der Waals surface area contributed by atoms with Gasteiger partial charge in [0.15, 0.2) is 0 Å². The van der Waals surface area contributed by atoms with Crippen LogP contribution >= 0.6 is 15.9 Å². The lowest BCUT2D eigenvalue weighted by molar-refractivity contribution is -0.124. The van der Waals surface area contributed by atoms with Crippen molar-refractivity contribution in [3.8, 4) is 0 Å². The van der Waals surface area contributed by atoms with E-state index >= 15 is 0 Å². The van der Waals surface area contributed by atoms with Crippen LogP contribution in [0.4, 0.5) is 0 Å². The molecule has 2 rings (SSSR count). The van der Waals surface area contributed by atoms with Crippen molar-refractivity contribution in [2.75, 3.05) is 20.3 Å². The van der Waals surface area contributed by atoms with Crippen molar-refractivity contribution in [2.24, 2.45) is 0 Å². The van der Waals surface area contributed by atoms with Gasteiger partial charge >= 0.3 is 0 Å². The number of hydrogen-bond acceptors (Lipinski definition) is 2. The number of carbonyl (C=O) groups excluding carboxylic acids is 1. The van der Waals surface area contributed by atoms with Gasteiger partial charge in [0.2, 0.25) is 5.91 Å². The zero-order valence-electron chi connectivity index (χ0n) is 9.83. The van der Waals surface area contributed by atoms with Gasteiger partial charge in [-0.1, -0.05) is 34.1 Å². The lowest BCUT2D eigenvalue weighted by atomic mass is 9.96. The van der Waals surface area contributed by atoms with Crippen LogP contribution in [0.25, 0.3) is 0 Å². The summed E-state index contributed by atoms with van der Waals surface area (Å²) < 4.78 is 5.92. The van der Waals surface area contributed by atoms with Crippen molar-refractivity contribution in [1.82, 2.24) is 5.32 Å². The molecule has 1 fully saturated rings. The summed E-state index contributed by atoms with van der Waals surface area (Å²) in [5.41, 5.74) is 1.42. The van der Waals surface area contributed by atoms with Crippen LogP contribution in [0.2, 0.25) is 0 Å². The maximum atomic E-state index is 11.4. The number of methoxy groups -OCH3 is 1. The molecule has 0 spiro atoms. The zero-order valence-corrected chi connectivity index (χ0v) is 11.4. The Morgan fingerprint density at radius 1 is 1.47 bits per heavy atom. The third kappa shape index (κ3) is 2.87. The molecule has 0 unspecified atom stereocenters. The summed E-state index contributed by atoms with van der Waals surface area (Å²) in [5.74, 6) is -0.0502. The molecule has 3 nitrogen and oxygen atoms in total. The number of nitrogens with one attached hydrogen (secondary N) is 1. The summed E-state index contributed by atoms with van der Waals surface area (Å²) in [5, 5.41) is 2.93. The van der Waals surface area contributed by atoms with Crippen molar-refractivity contribution in [2.45, 2.75) is 18.3 Å². The minimum Gasteiger partial charge on any atom is -0.375 e. The Kier molecular flexibility index (Phi) is 3.84. The highest BCUT2D eigenvalue weighted by atomic mass is 79.9. The molecule has 4 heteroatoms. The average molecular weight is 298 g/mol. The van der Waals surface area contributed by atoms with Gasteiger partial charge in [-0.05, 0) is 24.5 Å². The van der Waals surface area contributed by atoms with E-state index in [1.165, 1.54) is 12.7 Å². The Morgan fingerprint density at radius 2 is 2.18 bits per heavy atom. The van der Waals surface area contributed by atoms with Crippen LogP contribution in [0.15, 0.2) is 28.7 Å². The minimum atomic E-state index is -0.0502. The fourth-order valence-corrected chi connectivity index (χ4v) is 2.74. The molecular formula is C13H16BrNO2. The molecule has 1 aromatic rings. The van der Waals surface area contributed by atoms with E-state index in [1.54, 1.807) is 0 Å². The van der Waals surface area contributed by atoms with Gasteiger partial charge in [-0.2, -0.15) is 0 Å². The Labute approximate surface area is 110 Å². The number of rotatable bonds is 5. The molecule has 0 aromatic heterocycles. The lowest BCUT2D eigenvalue weighted by Crippen LogP contribution is -2.34. The summed E-state index contributed by atoms with van der Waals surface area (Å²) in [4.78, 5) is 11.4. The van der Waals surface area contributed by atoms with Crippen molar-refractivity contribution >= 4 is 21.8 Å². The molecule has 0 heterocycles. The Balaban J connectivity index is 2.01. The normalized spacial score (nSPS) is 16.6. The monoisotopic (exact) mass is 297 g/mol. The molecule has 0 radical (unpaired) electrons. The molecule has 1 N–H and O–H groups in total. The van der Waals surface area contributed by atoms with E-state index < -0.39 is 0 Å². The predicted octanol–water partition coefficient (Wildman–Crippen LogP) is 2.24. The molecule has 17 heavy (non-hydrogen) atoms. The molecule has 1 amide bonds. The Morgan fingerprint density at radius 3 is 2.76 bits per heavy atom. The first-order valence-corrected chi connectivity index (χ1v) is 6.48. The first-order chi connectivity index (χ1) is 8.18. The number of carbonyl (C=O) groups is 1. The van der Waals surface area contributed by atoms with Gasteiger partial charge < -0.3 is 10.1 Å². The van der Waals surface area contributed by atoms with Crippen LogP contribution in [-0.2, 0) is 14.9 Å². The highest BCUT2D eigenvalue weighted by Gasteiger charge is 2.45. The average Bonchev–Trinajstić information content (AvgIpc) is 3.09. The molecule has 1 aliphatic carbocycles. The molecule has 1 aliphatic rings. The van der Waals surface area contributed by atoms with E-state index in [1.807, 2.05) is 18.2 Å². The highest BCUT2D eigenvalue weighted by Crippen LogP contribution is 2.49. The molecule has 0 bridgehead atoms. The molecule has 0 saturated heterocycles. The molecule has 1 saturated carbocycles. The second-order valence-electron chi connectivity index (χ2n) is 4.47. The third-order valence-electron chi connectivity index (χ3n) is 3.20. The van der Waals surface area contributed by atoms with Crippen LogP contribution < -0.4 is 5.32 Å². The first kappa shape index (κ1) is 12.6. The van der Waals surface area contributed by atoms with E-state index in [-0.39, 0.29) is 17.9 Å². The van der Waals surface area contributed by atoms with Gasteiger partial charge in [0.1, 0.15) is 6.61 Å². The SMILES string of the molecule is COCC(=O)NCC1(c2ccccc2Br)CC1. The van der Waals surface area contributed by atoms with Crippen molar-refractivity contribution in [3.63, 3.8) is 0 Å². The fraction of sp³-hybridized carbons (Fsp3) is 0.462. The predicted molar refractivity (Wildman–Crippen MR) is 69.9 cm³/mol. The third-order valence-corrected chi connectivity index (χ3v) is 3.89. The van der Waals surface area contributed by atoms with Gasteiger partial charge in [-0.15, -0.1) is 0 Å². The van der Waals surface area contributed by atoms with Crippen LogP contribution in [0.1, 0.15) is 18.4 Å². The van der Waals surface area contributed by atoms with E-state index in [2.05, 4.69) is 27.3 Å². The van der Waals surface area contributed by atoms with E-state index in [4.69, 9.17) is 4.74 Å². The Bertz CT molecular complexity index is 416. The summed E-state index contributed by atoms with van der Waals surface area (Å²) in [7, 11) is 1.53. The molecular weight excluding hydrogens is 282 g/mol. The van der Waals surface area contributed by atoms with Crippen molar-refractivity contribution < 1.29 is 9.53 Å². The van der Waals surface area contributed by atoms with Crippen molar-refractivity contribution in [3.05, 3.63) is 34.3 Å². The molecule has 92 valence electrons. The van der Waals surface area contributed by atoms with E-state index in [0.717, 1.165) is 17.3 Å². The lowest BCUT2D eigenvalue weighted by Gasteiger charge is -2.18. The standard InChI is InChI=1S/C13H16BrNO2/c1-17-8-12(16)15-9-13(6-7-13)10-4-2-3-5-11(10)14/h2-5H,6-9H2,1H3,(H,15,16). The number of halogens is 1. The maximum Gasteiger partial charge on any atom is 0.246 e. The fourth-order valence-electron chi connectivity index (χ4n) is 2.03. The Hall–Kier alpha value is -0.870. The molecule has 1 aromatic carbocycles. The van der Waals surface area contributed by atoms with Crippen LogP contribution in [-0.4, -0.2) is 26.2 Å². The number of amides is 1.